The third-order valence-electron chi connectivity index (χ3n) is 4.11. The Hall–Kier alpha value is -0.700. The molecule has 0 unspecified atom stereocenters. The van der Waals surface area contributed by atoms with Gasteiger partial charge in [0.1, 0.15) is 0 Å². The largest absolute Gasteiger partial charge is 0.371 e. The fourth-order valence-electron chi connectivity index (χ4n) is 2.65. The zero-order valence-electron chi connectivity index (χ0n) is 10.3. The van der Waals surface area contributed by atoms with Gasteiger partial charge >= 0.3 is 0 Å². The van der Waals surface area contributed by atoms with Gasteiger partial charge in [0.2, 0.25) is 0 Å². The van der Waals surface area contributed by atoms with E-state index in [1.54, 1.807) is 0 Å². The second-order valence-corrected chi connectivity index (χ2v) is 6.03. The summed E-state index contributed by atoms with van der Waals surface area (Å²) in [4.78, 5) is 4.93. The van der Waals surface area contributed by atoms with Gasteiger partial charge in [-0.3, -0.25) is 0 Å². The zero-order valence-corrected chi connectivity index (χ0v) is 11.9. The van der Waals surface area contributed by atoms with E-state index in [-0.39, 0.29) is 0 Å². The standard InChI is InChI=1S/C14H19BrN2/c1-16-8-9-17(11-14(10-15)6-7-14)13-5-3-2-4-12(13)16/h2-5H,6-11H2,1H3. The van der Waals surface area contributed by atoms with Crippen LogP contribution in [0, 0.1) is 5.41 Å². The molecule has 0 bridgehead atoms. The van der Waals surface area contributed by atoms with E-state index in [0.717, 1.165) is 18.4 Å². The molecule has 0 saturated heterocycles. The Morgan fingerprint density at radius 3 is 2.53 bits per heavy atom. The lowest BCUT2D eigenvalue weighted by molar-refractivity contribution is 0.555. The minimum Gasteiger partial charge on any atom is -0.371 e. The summed E-state index contributed by atoms with van der Waals surface area (Å²) < 4.78 is 0. The SMILES string of the molecule is CN1CCN(CC2(CBr)CC2)c2ccccc21. The Balaban J connectivity index is 1.85. The van der Waals surface area contributed by atoms with E-state index in [9.17, 15) is 0 Å². The van der Waals surface area contributed by atoms with Gasteiger partial charge < -0.3 is 9.80 Å². The first-order valence-corrected chi connectivity index (χ1v) is 7.47. The molecule has 1 aliphatic heterocycles. The van der Waals surface area contributed by atoms with Crippen molar-refractivity contribution in [2.24, 2.45) is 5.41 Å². The molecule has 0 amide bonds. The fraction of sp³-hybridized carbons (Fsp3) is 0.571. The van der Waals surface area contributed by atoms with Crippen LogP contribution in [0.25, 0.3) is 0 Å². The molecule has 2 aliphatic rings. The summed E-state index contributed by atoms with van der Waals surface area (Å²) in [6.45, 7) is 3.50. The number of hydrogen-bond acceptors (Lipinski definition) is 2. The van der Waals surface area contributed by atoms with E-state index < -0.39 is 0 Å². The highest BCUT2D eigenvalue weighted by atomic mass is 79.9. The smallest absolute Gasteiger partial charge is 0.0604 e. The van der Waals surface area contributed by atoms with Gasteiger partial charge in [0, 0.05) is 32.0 Å². The first kappa shape index (κ1) is 11.4. The van der Waals surface area contributed by atoms with Crippen molar-refractivity contribution in [3.63, 3.8) is 0 Å². The van der Waals surface area contributed by atoms with E-state index in [1.807, 2.05) is 0 Å². The number of fused-ring (bicyclic) bond motifs is 1. The van der Waals surface area contributed by atoms with E-state index in [0.29, 0.717) is 5.41 Å². The van der Waals surface area contributed by atoms with Crippen LogP contribution >= 0.6 is 15.9 Å². The predicted octanol–water partition coefficient (Wildman–Crippen LogP) is 3.12. The Morgan fingerprint density at radius 1 is 1.18 bits per heavy atom. The Kier molecular flexibility index (Phi) is 2.81. The average molecular weight is 295 g/mol. The van der Waals surface area contributed by atoms with Crippen molar-refractivity contribution in [2.75, 3.05) is 41.8 Å². The Labute approximate surface area is 112 Å². The van der Waals surface area contributed by atoms with Gasteiger partial charge in [0.15, 0.2) is 0 Å². The summed E-state index contributed by atoms with van der Waals surface area (Å²) in [5.74, 6) is 0. The van der Waals surface area contributed by atoms with Crippen molar-refractivity contribution in [1.29, 1.82) is 0 Å². The number of hydrogen-bond donors (Lipinski definition) is 0. The van der Waals surface area contributed by atoms with Gasteiger partial charge in [-0.2, -0.15) is 0 Å². The molecule has 17 heavy (non-hydrogen) atoms. The molecule has 1 heterocycles. The van der Waals surface area contributed by atoms with Crippen LogP contribution in [0.3, 0.4) is 0 Å². The van der Waals surface area contributed by atoms with Crippen LogP contribution in [0.5, 0.6) is 0 Å². The topological polar surface area (TPSA) is 6.48 Å². The van der Waals surface area contributed by atoms with Gasteiger partial charge in [0.05, 0.1) is 11.4 Å². The van der Waals surface area contributed by atoms with E-state index in [4.69, 9.17) is 0 Å². The third-order valence-corrected chi connectivity index (χ3v) is 5.30. The lowest BCUT2D eigenvalue weighted by Gasteiger charge is -2.38. The van der Waals surface area contributed by atoms with Crippen molar-refractivity contribution in [2.45, 2.75) is 12.8 Å². The molecular formula is C14H19BrN2. The number of alkyl halides is 1. The first-order valence-electron chi connectivity index (χ1n) is 6.35. The number of likely N-dealkylation sites (N-methyl/N-ethyl adjacent to an activating group) is 1. The normalized spacial score (nSPS) is 21.3. The molecular weight excluding hydrogens is 276 g/mol. The zero-order chi connectivity index (χ0) is 11.9. The Morgan fingerprint density at radius 2 is 1.88 bits per heavy atom. The lowest BCUT2D eigenvalue weighted by atomic mass is 10.1. The molecule has 1 fully saturated rings. The molecule has 0 atom stereocenters. The second-order valence-electron chi connectivity index (χ2n) is 5.47. The number of anilines is 2. The van der Waals surface area contributed by atoms with Crippen molar-refractivity contribution in [1.82, 2.24) is 0 Å². The van der Waals surface area contributed by atoms with Gasteiger partial charge in [-0.25, -0.2) is 0 Å². The minimum atomic E-state index is 0.559. The van der Waals surface area contributed by atoms with Crippen molar-refractivity contribution in [3.05, 3.63) is 24.3 Å². The summed E-state index contributed by atoms with van der Waals surface area (Å²) in [7, 11) is 2.19. The van der Waals surface area contributed by atoms with Crippen LogP contribution in [-0.2, 0) is 0 Å². The lowest BCUT2D eigenvalue weighted by Crippen LogP contribution is -2.42. The van der Waals surface area contributed by atoms with Crippen LogP contribution in [0.2, 0.25) is 0 Å². The van der Waals surface area contributed by atoms with E-state index in [1.165, 1.54) is 30.8 Å². The number of nitrogens with zero attached hydrogens (tertiary/aromatic N) is 2. The first-order chi connectivity index (χ1) is 8.24. The van der Waals surface area contributed by atoms with Gasteiger partial charge in [-0.15, -0.1) is 0 Å². The molecule has 1 aromatic carbocycles. The highest BCUT2D eigenvalue weighted by Gasteiger charge is 2.43. The van der Waals surface area contributed by atoms with Crippen molar-refractivity contribution >= 4 is 27.3 Å². The molecule has 1 saturated carbocycles. The maximum absolute atomic E-state index is 3.67. The number of rotatable bonds is 3. The number of para-hydroxylation sites is 2. The molecule has 1 aliphatic carbocycles. The molecule has 0 spiro atoms. The van der Waals surface area contributed by atoms with Crippen LogP contribution < -0.4 is 9.80 Å². The molecule has 1 aromatic rings. The molecule has 0 radical (unpaired) electrons. The monoisotopic (exact) mass is 294 g/mol. The van der Waals surface area contributed by atoms with E-state index >= 15 is 0 Å². The summed E-state index contributed by atoms with van der Waals surface area (Å²) in [6.07, 6.45) is 2.76. The highest BCUT2D eigenvalue weighted by molar-refractivity contribution is 9.09. The summed E-state index contributed by atoms with van der Waals surface area (Å²) >= 11 is 3.67. The van der Waals surface area contributed by atoms with Gasteiger partial charge in [0.25, 0.3) is 0 Å². The summed E-state index contributed by atoms with van der Waals surface area (Å²) in [5.41, 5.74) is 3.35. The minimum absolute atomic E-state index is 0.559. The van der Waals surface area contributed by atoms with E-state index in [2.05, 4.69) is 57.0 Å². The van der Waals surface area contributed by atoms with Crippen molar-refractivity contribution in [3.8, 4) is 0 Å². The molecule has 92 valence electrons. The predicted molar refractivity (Wildman–Crippen MR) is 77.4 cm³/mol. The fourth-order valence-corrected chi connectivity index (χ4v) is 3.38. The maximum Gasteiger partial charge on any atom is 0.0604 e. The molecule has 3 heteroatoms. The number of halogens is 1. The van der Waals surface area contributed by atoms with Gasteiger partial charge in [-0.1, -0.05) is 28.1 Å². The van der Waals surface area contributed by atoms with Crippen molar-refractivity contribution < 1.29 is 0 Å². The van der Waals surface area contributed by atoms with Crippen LogP contribution in [0.4, 0.5) is 11.4 Å². The second kappa shape index (κ2) is 4.20. The maximum atomic E-state index is 3.67. The van der Waals surface area contributed by atoms with Crippen LogP contribution in [0.1, 0.15) is 12.8 Å². The quantitative estimate of drug-likeness (QED) is 0.791. The third kappa shape index (κ3) is 2.05. The summed E-state index contributed by atoms with van der Waals surface area (Å²) in [6, 6.07) is 8.78. The molecule has 0 N–H and O–H groups in total. The van der Waals surface area contributed by atoms with Gasteiger partial charge in [-0.05, 0) is 30.4 Å². The van der Waals surface area contributed by atoms with Crippen LogP contribution in [0.15, 0.2) is 24.3 Å². The summed E-state index contributed by atoms with van der Waals surface area (Å²) in [5, 5.41) is 1.15. The Bertz CT molecular complexity index is 414. The molecule has 2 nitrogen and oxygen atoms in total. The van der Waals surface area contributed by atoms with Crippen LogP contribution in [-0.4, -0.2) is 32.0 Å². The molecule has 0 aromatic heterocycles. The molecule has 3 rings (SSSR count). The highest BCUT2D eigenvalue weighted by Crippen LogP contribution is 2.49. The number of benzene rings is 1. The average Bonchev–Trinajstić information content (AvgIpc) is 3.14.